The smallest absolute Gasteiger partial charge is 0.263 e. The number of nitrogens with zero attached hydrogens (tertiary/aromatic N) is 3. The minimum absolute atomic E-state index is 0.0835. The molecule has 0 radical (unpaired) electrons. The Morgan fingerprint density at radius 1 is 1.56 bits per heavy atom. The van der Waals surface area contributed by atoms with Crippen molar-refractivity contribution in [3.8, 4) is 0 Å². The molecule has 0 unspecified atom stereocenters. The molecule has 0 aliphatic heterocycles. The molecule has 0 aromatic carbocycles. The molecule has 1 heterocycles. The van der Waals surface area contributed by atoms with Crippen LogP contribution in [0.3, 0.4) is 0 Å². The van der Waals surface area contributed by atoms with E-state index in [2.05, 4.69) is 4.98 Å². The Balaban J connectivity index is 3.07. The predicted molar refractivity (Wildman–Crippen MR) is 62.9 cm³/mol. The number of rotatable bonds is 4. The predicted octanol–water partition coefficient (Wildman–Crippen LogP) is 1.35. The third-order valence-corrected chi connectivity index (χ3v) is 4.43. The Morgan fingerprint density at radius 3 is 2.50 bits per heavy atom. The van der Waals surface area contributed by atoms with E-state index in [1.54, 1.807) is 7.05 Å². The highest BCUT2D eigenvalue weighted by atomic mass is 35.5. The SMILES string of the molecule is CC(C)CN(C)S(=O)(=O)c1ncn(C)c1Cl. The van der Waals surface area contributed by atoms with Crippen LogP contribution in [0, 0.1) is 5.92 Å². The van der Waals surface area contributed by atoms with Gasteiger partial charge in [0.25, 0.3) is 10.0 Å². The number of aryl methyl sites for hydroxylation is 1. The van der Waals surface area contributed by atoms with Crippen LogP contribution in [0.2, 0.25) is 5.15 Å². The van der Waals surface area contributed by atoms with Crippen molar-refractivity contribution >= 4 is 21.6 Å². The molecule has 0 fully saturated rings. The molecule has 16 heavy (non-hydrogen) atoms. The van der Waals surface area contributed by atoms with Gasteiger partial charge in [0.1, 0.15) is 5.15 Å². The molecule has 5 nitrogen and oxygen atoms in total. The van der Waals surface area contributed by atoms with E-state index in [1.807, 2.05) is 13.8 Å². The quantitative estimate of drug-likeness (QED) is 0.826. The molecule has 1 aromatic rings. The Labute approximate surface area is 101 Å². The zero-order valence-corrected chi connectivity index (χ0v) is 11.4. The van der Waals surface area contributed by atoms with E-state index in [0.717, 1.165) is 0 Å². The summed E-state index contributed by atoms with van der Waals surface area (Å²) in [5, 5.41) is 0.0513. The first kappa shape index (κ1) is 13.5. The summed E-state index contributed by atoms with van der Waals surface area (Å²) < 4.78 is 26.9. The lowest BCUT2D eigenvalue weighted by atomic mass is 10.2. The van der Waals surface area contributed by atoms with Crippen molar-refractivity contribution in [2.75, 3.05) is 13.6 Å². The molecule has 0 saturated heterocycles. The fraction of sp³-hybridized carbons (Fsp3) is 0.667. The molecule has 7 heteroatoms. The van der Waals surface area contributed by atoms with E-state index in [-0.39, 0.29) is 16.1 Å². The molecule has 0 spiro atoms. The average Bonchev–Trinajstić information content (AvgIpc) is 2.46. The van der Waals surface area contributed by atoms with Gasteiger partial charge in [0.05, 0.1) is 6.33 Å². The van der Waals surface area contributed by atoms with Gasteiger partial charge in [-0.15, -0.1) is 0 Å². The highest BCUT2D eigenvalue weighted by molar-refractivity contribution is 7.89. The Kier molecular flexibility index (Phi) is 3.98. The van der Waals surface area contributed by atoms with Gasteiger partial charge >= 0.3 is 0 Å². The molecule has 0 atom stereocenters. The van der Waals surface area contributed by atoms with Gasteiger partial charge in [-0.3, -0.25) is 0 Å². The van der Waals surface area contributed by atoms with Crippen LogP contribution in [0.5, 0.6) is 0 Å². The second kappa shape index (κ2) is 4.73. The third kappa shape index (κ3) is 2.56. The van der Waals surface area contributed by atoms with Gasteiger partial charge in [0, 0.05) is 20.6 Å². The van der Waals surface area contributed by atoms with Crippen molar-refractivity contribution in [3.63, 3.8) is 0 Å². The topological polar surface area (TPSA) is 55.2 Å². The molecule has 1 aromatic heterocycles. The first-order valence-electron chi connectivity index (χ1n) is 4.90. The summed E-state index contributed by atoms with van der Waals surface area (Å²) in [6, 6.07) is 0. The Bertz CT molecular complexity index is 467. The van der Waals surface area contributed by atoms with Crippen LogP contribution in [0.15, 0.2) is 11.4 Å². The van der Waals surface area contributed by atoms with Gasteiger partial charge in [0.2, 0.25) is 5.03 Å². The molecule has 0 saturated carbocycles. The lowest BCUT2D eigenvalue weighted by molar-refractivity contribution is 0.416. The highest BCUT2D eigenvalue weighted by Gasteiger charge is 2.27. The normalized spacial score (nSPS) is 12.7. The Morgan fingerprint density at radius 2 is 2.12 bits per heavy atom. The number of halogens is 1. The largest absolute Gasteiger partial charge is 0.324 e. The van der Waals surface area contributed by atoms with Crippen molar-refractivity contribution < 1.29 is 8.42 Å². The fourth-order valence-corrected chi connectivity index (χ4v) is 3.04. The maximum absolute atomic E-state index is 12.1. The van der Waals surface area contributed by atoms with E-state index < -0.39 is 10.0 Å². The van der Waals surface area contributed by atoms with Gasteiger partial charge in [-0.1, -0.05) is 25.4 Å². The van der Waals surface area contributed by atoms with Crippen LogP contribution in [0.1, 0.15) is 13.8 Å². The summed E-state index contributed by atoms with van der Waals surface area (Å²) in [5.74, 6) is 0.252. The summed E-state index contributed by atoms with van der Waals surface area (Å²) in [4.78, 5) is 3.82. The summed E-state index contributed by atoms with van der Waals surface area (Å²) in [7, 11) is -0.397. The van der Waals surface area contributed by atoms with Crippen LogP contribution >= 0.6 is 11.6 Å². The lowest BCUT2D eigenvalue weighted by Gasteiger charge is -2.17. The molecular formula is C9H16ClN3O2S. The third-order valence-electron chi connectivity index (χ3n) is 2.11. The van der Waals surface area contributed by atoms with Crippen molar-refractivity contribution in [1.82, 2.24) is 13.9 Å². The number of aromatic nitrogens is 2. The molecule has 92 valence electrons. The summed E-state index contributed by atoms with van der Waals surface area (Å²) in [6.07, 6.45) is 1.39. The standard InChI is InChI=1S/C9H16ClN3O2S/c1-7(2)5-13(4)16(14,15)9-8(10)12(3)6-11-9/h6-7H,5H2,1-4H3. The first-order valence-corrected chi connectivity index (χ1v) is 6.71. The van der Waals surface area contributed by atoms with E-state index in [1.165, 1.54) is 22.2 Å². The minimum Gasteiger partial charge on any atom is -0.324 e. The molecular weight excluding hydrogens is 250 g/mol. The molecule has 0 aliphatic carbocycles. The first-order chi connectivity index (χ1) is 7.26. The molecule has 0 N–H and O–H groups in total. The van der Waals surface area contributed by atoms with Crippen molar-refractivity contribution in [2.24, 2.45) is 13.0 Å². The van der Waals surface area contributed by atoms with Crippen molar-refractivity contribution in [3.05, 3.63) is 11.5 Å². The van der Waals surface area contributed by atoms with Gasteiger partial charge in [-0.05, 0) is 5.92 Å². The van der Waals surface area contributed by atoms with Crippen LogP contribution in [0.25, 0.3) is 0 Å². The summed E-state index contributed by atoms with van der Waals surface area (Å²) >= 11 is 5.87. The van der Waals surface area contributed by atoms with Crippen molar-refractivity contribution in [2.45, 2.75) is 18.9 Å². The van der Waals surface area contributed by atoms with Gasteiger partial charge in [-0.2, -0.15) is 4.31 Å². The minimum atomic E-state index is -3.57. The molecule has 0 amide bonds. The number of hydrogen-bond donors (Lipinski definition) is 0. The monoisotopic (exact) mass is 265 g/mol. The van der Waals surface area contributed by atoms with Crippen LogP contribution in [0.4, 0.5) is 0 Å². The second-order valence-electron chi connectivity index (χ2n) is 4.13. The number of sulfonamides is 1. The van der Waals surface area contributed by atoms with Gasteiger partial charge in [-0.25, -0.2) is 13.4 Å². The molecule has 0 aliphatic rings. The maximum atomic E-state index is 12.1. The summed E-state index contributed by atoms with van der Waals surface area (Å²) in [6.45, 7) is 4.34. The van der Waals surface area contributed by atoms with Crippen LogP contribution in [-0.4, -0.2) is 35.9 Å². The Hall–Kier alpha value is -0.590. The molecule has 1 rings (SSSR count). The number of imidazole rings is 1. The van der Waals surface area contributed by atoms with E-state index in [4.69, 9.17) is 11.6 Å². The zero-order valence-electron chi connectivity index (χ0n) is 9.81. The maximum Gasteiger partial charge on any atom is 0.263 e. The van der Waals surface area contributed by atoms with Crippen LogP contribution in [-0.2, 0) is 17.1 Å². The van der Waals surface area contributed by atoms with Crippen molar-refractivity contribution in [1.29, 1.82) is 0 Å². The fourth-order valence-electron chi connectivity index (χ4n) is 1.33. The number of hydrogen-bond acceptors (Lipinski definition) is 3. The average molecular weight is 266 g/mol. The van der Waals surface area contributed by atoms with E-state index in [0.29, 0.717) is 6.54 Å². The van der Waals surface area contributed by atoms with Gasteiger partial charge in [0.15, 0.2) is 0 Å². The zero-order chi connectivity index (χ0) is 12.5. The van der Waals surface area contributed by atoms with Gasteiger partial charge < -0.3 is 4.57 Å². The highest BCUT2D eigenvalue weighted by Crippen LogP contribution is 2.22. The molecule has 0 bridgehead atoms. The summed E-state index contributed by atoms with van der Waals surface area (Å²) in [5.41, 5.74) is 0. The lowest BCUT2D eigenvalue weighted by Crippen LogP contribution is -2.30. The van der Waals surface area contributed by atoms with E-state index in [9.17, 15) is 8.42 Å². The van der Waals surface area contributed by atoms with E-state index >= 15 is 0 Å². The second-order valence-corrected chi connectivity index (χ2v) is 6.45. The van der Waals surface area contributed by atoms with Crippen LogP contribution < -0.4 is 0 Å².